The van der Waals surface area contributed by atoms with Crippen LogP contribution in [0.15, 0.2) is 35.1 Å². The topological polar surface area (TPSA) is 97.9 Å². The molecule has 1 aliphatic rings. The summed E-state index contributed by atoms with van der Waals surface area (Å²) in [6, 6.07) is 9.28. The smallest absolute Gasteiger partial charge is 0.290 e. The zero-order valence-electron chi connectivity index (χ0n) is 11.7. The van der Waals surface area contributed by atoms with E-state index in [1.807, 2.05) is 30.3 Å². The molecule has 0 radical (unpaired) electrons. The summed E-state index contributed by atoms with van der Waals surface area (Å²) in [6.07, 6.45) is 0.406. The summed E-state index contributed by atoms with van der Waals surface area (Å²) in [6.45, 7) is 1.77. The van der Waals surface area contributed by atoms with Crippen LogP contribution in [0.4, 0.5) is 5.69 Å². The molecule has 21 heavy (non-hydrogen) atoms. The molecular formula is C14H17N3O3S. The van der Waals surface area contributed by atoms with Gasteiger partial charge in [-0.15, -0.1) is 0 Å². The number of hydrogen-bond acceptors (Lipinski definition) is 4. The van der Waals surface area contributed by atoms with E-state index < -0.39 is 15.4 Å². The quantitative estimate of drug-likeness (QED) is 0.863. The number of H-pyrrole nitrogens is 1. The van der Waals surface area contributed by atoms with Crippen LogP contribution >= 0.6 is 0 Å². The molecule has 0 aliphatic carbocycles. The Morgan fingerprint density at radius 3 is 2.52 bits per heavy atom. The third-order valence-electron chi connectivity index (χ3n) is 4.01. The Morgan fingerprint density at radius 1 is 1.29 bits per heavy atom. The Bertz CT molecular complexity index is 836. The minimum absolute atomic E-state index is 0.0475. The Hall–Kier alpha value is -2.02. The minimum Gasteiger partial charge on any atom is -0.392 e. The van der Waals surface area contributed by atoms with Crippen LogP contribution in [0.1, 0.15) is 13.3 Å². The molecule has 0 spiro atoms. The van der Waals surface area contributed by atoms with Crippen LogP contribution in [0.3, 0.4) is 0 Å². The van der Waals surface area contributed by atoms with Crippen molar-refractivity contribution in [2.45, 2.75) is 18.9 Å². The SMILES string of the molecule is CC1(n2[nH]c(-c3ccccc3)c(N)c2=O)CCS(=O)(=O)C1. The van der Waals surface area contributed by atoms with Gasteiger partial charge in [-0.2, -0.15) is 0 Å². The van der Waals surface area contributed by atoms with E-state index in [4.69, 9.17) is 5.73 Å². The highest BCUT2D eigenvalue weighted by Gasteiger charge is 2.42. The number of anilines is 1. The molecule has 112 valence electrons. The second-order valence-corrected chi connectivity index (χ2v) is 7.93. The van der Waals surface area contributed by atoms with Gasteiger partial charge in [-0.1, -0.05) is 30.3 Å². The first-order valence-corrected chi connectivity index (χ1v) is 8.51. The largest absolute Gasteiger partial charge is 0.392 e. The third kappa shape index (κ3) is 2.27. The first-order valence-electron chi connectivity index (χ1n) is 6.69. The maximum Gasteiger partial charge on any atom is 0.290 e. The number of aromatic nitrogens is 2. The number of hydrogen-bond donors (Lipinski definition) is 2. The number of nitrogen functional groups attached to an aromatic ring is 1. The fourth-order valence-electron chi connectivity index (χ4n) is 2.82. The van der Waals surface area contributed by atoms with Crippen molar-refractivity contribution in [3.05, 3.63) is 40.7 Å². The Morgan fingerprint density at radius 2 is 1.95 bits per heavy atom. The zero-order valence-corrected chi connectivity index (χ0v) is 12.5. The van der Waals surface area contributed by atoms with E-state index in [-0.39, 0.29) is 22.8 Å². The molecule has 0 bridgehead atoms. The highest BCUT2D eigenvalue weighted by molar-refractivity contribution is 7.91. The van der Waals surface area contributed by atoms with Gasteiger partial charge in [-0.25, -0.2) is 13.1 Å². The molecule has 3 N–H and O–H groups in total. The minimum atomic E-state index is -3.11. The van der Waals surface area contributed by atoms with E-state index in [0.29, 0.717) is 12.1 Å². The number of nitrogens with one attached hydrogen (secondary N) is 1. The van der Waals surface area contributed by atoms with Crippen LogP contribution in [0, 0.1) is 0 Å². The fraction of sp³-hybridized carbons (Fsp3) is 0.357. The second-order valence-electron chi connectivity index (χ2n) is 5.75. The summed E-state index contributed by atoms with van der Waals surface area (Å²) in [4.78, 5) is 12.4. The summed E-state index contributed by atoms with van der Waals surface area (Å²) in [5, 5.41) is 3.00. The van der Waals surface area contributed by atoms with Crippen molar-refractivity contribution in [3.63, 3.8) is 0 Å². The molecule has 1 unspecified atom stereocenters. The van der Waals surface area contributed by atoms with E-state index in [9.17, 15) is 13.2 Å². The lowest BCUT2D eigenvalue weighted by Crippen LogP contribution is -2.39. The van der Waals surface area contributed by atoms with Crippen molar-refractivity contribution in [2.75, 3.05) is 17.2 Å². The standard InChI is InChI=1S/C14H17N3O3S/c1-14(7-8-21(19,20)9-14)17-13(18)11(15)12(16-17)10-5-3-2-4-6-10/h2-6,16H,7-9,15H2,1H3. The average molecular weight is 307 g/mol. The monoisotopic (exact) mass is 307 g/mol. The highest BCUT2D eigenvalue weighted by Crippen LogP contribution is 2.31. The Kier molecular flexibility index (Phi) is 2.98. The molecule has 2 aromatic rings. The first-order chi connectivity index (χ1) is 9.82. The third-order valence-corrected chi connectivity index (χ3v) is 5.90. The molecule has 1 saturated heterocycles. The predicted molar refractivity (Wildman–Crippen MR) is 81.8 cm³/mol. The van der Waals surface area contributed by atoms with Gasteiger partial charge in [0.1, 0.15) is 5.69 Å². The fourth-order valence-corrected chi connectivity index (χ4v) is 4.94. The van der Waals surface area contributed by atoms with Gasteiger partial charge in [-0.3, -0.25) is 9.89 Å². The van der Waals surface area contributed by atoms with Crippen LogP contribution < -0.4 is 11.3 Å². The molecule has 0 saturated carbocycles. The van der Waals surface area contributed by atoms with Crippen LogP contribution in [0.2, 0.25) is 0 Å². The molecular weight excluding hydrogens is 290 g/mol. The van der Waals surface area contributed by atoms with Crippen LogP contribution in [-0.2, 0) is 15.4 Å². The van der Waals surface area contributed by atoms with E-state index >= 15 is 0 Å². The molecule has 3 rings (SSSR count). The predicted octanol–water partition coefficient (Wildman–Crippen LogP) is 0.959. The van der Waals surface area contributed by atoms with Crippen molar-refractivity contribution in [1.29, 1.82) is 0 Å². The van der Waals surface area contributed by atoms with E-state index in [0.717, 1.165) is 5.56 Å². The second kappa shape index (κ2) is 4.49. The average Bonchev–Trinajstić information content (AvgIpc) is 2.90. The molecule has 1 aromatic heterocycles. The van der Waals surface area contributed by atoms with Gasteiger partial charge in [0.2, 0.25) is 0 Å². The number of aromatic amines is 1. The van der Waals surface area contributed by atoms with Gasteiger partial charge in [-0.05, 0) is 13.3 Å². The van der Waals surface area contributed by atoms with Crippen molar-refractivity contribution in [1.82, 2.24) is 9.78 Å². The van der Waals surface area contributed by atoms with Gasteiger partial charge in [0.25, 0.3) is 5.56 Å². The van der Waals surface area contributed by atoms with Crippen molar-refractivity contribution in [2.24, 2.45) is 0 Å². The summed E-state index contributed by atoms with van der Waals surface area (Å²) in [5.74, 6) is 0.0453. The Labute approximate surface area is 122 Å². The molecule has 2 heterocycles. The number of sulfone groups is 1. The number of benzene rings is 1. The Balaban J connectivity index is 2.13. The number of rotatable bonds is 2. The molecule has 1 aromatic carbocycles. The summed E-state index contributed by atoms with van der Waals surface area (Å²) in [7, 11) is -3.11. The van der Waals surface area contributed by atoms with E-state index in [1.54, 1.807) is 6.92 Å². The van der Waals surface area contributed by atoms with Crippen LogP contribution in [-0.4, -0.2) is 29.7 Å². The number of nitrogens with two attached hydrogens (primary N) is 1. The molecule has 7 heteroatoms. The maximum absolute atomic E-state index is 12.4. The van der Waals surface area contributed by atoms with E-state index in [2.05, 4.69) is 5.10 Å². The lowest BCUT2D eigenvalue weighted by molar-refractivity contribution is 0.320. The van der Waals surface area contributed by atoms with Gasteiger partial charge >= 0.3 is 0 Å². The van der Waals surface area contributed by atoms with Crippen molar-refractivity contribution in [3.8, 4) is 11.3 Å². The highest BCUT2D eigenvalue weighted by atomic mass is 32.2. The first kappa shape index (κ1) is 13.9. The summed E-state index contributed by atoms with van der Waals surface area (Å²) in [5.41, 5.74) is 6.23. The van der Waals surface area contributed by atoms with E-state index in [1.165, 1.54) is 4.68 Å². The van der Waals surface area contributed by atoms with Crippen molar-refractivity contribution >= 4 is 15.5 Å². The molecule has 1 fully saturated rings. The summed E-state index contributed by atoms with van der Waals surface area (Å²) >= 11 is 0. The molecule has 0 amide bonds. The lowest BCUT2D eigenvalue weighted by atomic mass is 10.0. The number of nitrogens with zero attached hydrogens (tertiary/aromatic N) is 1. The van der Waals surface area contributed by atoms with Gasteiger partial charge < -0.3 is 5.73 Å². The summed E-state index contributed by atoms with van der Waals surface area (Å²) < 4.78 is 24.8. The molecule has 1 atom stereocenters. The van der Waals surface area contributed by atoms with Crippen molar-refractivity contribution < 1.29 is 8.42 Å². The van der Waals surface area contributed by atoms with Crippen LogP contribution in [0.5, 0.6) is 0 Å². The van der Waals surface area contributed by atoms with Gasteiger partial charge in [0.05, 0.1) is 22.7 Å². The molecule has 6 nitrogen and oxygen atoms in total. The normalized spacial score (nSPS) is 24.2. The van der Waals surface area contributed by atoms with Gasteiger partial charge in [0.15, 0.2) is 9.84 Å². The maximum atomic E-state index is 12.4. The van der Waals surface area contributed by atoms with Crippen LogP contribution in [0.25, 0.3) is 11.3 Å². The molecule has 1 aliphatic heterocycles. The zero-order chi connectivity index (χ0) is 15.3. The lowest BCUT2D eigenvalue weighted by Gasteiger charge is -2.22. The van der Waals surface area contributed by atoms with Gasteiger partial charge in [0, 0.05) is 5.56 Å².